The summed E-state index contributed by atoms with van der Waals surface area (Å²) < 4.78 is 5.72. The number of benzene rings is 3. The number of anilines is 1. The van der Waals surface area contributed by atoms with Gasteiger partial charge in [-0.25, -0.2) is 0 Å². The lowest BCUT2D eigenvalue weighted by Crippen LogP contribution is -2.35. The number of para-hydroxylation sites is 1. The van der Waals surface area contributed by atoms with Crippen LogP contribution in [0.25, 0.3) is 0 Å². The number of primary amides is 1. The number of amides is 3. The number of nitrogens with one attached hydrogen (secondary N) is 1. The molecule has 0 fully saturated rings. The Labute approximate surface area is 186 Å². The topological polar surface area (TPSA) is 102 Å². The maximum atomic E-state index is 12.7. The first-order valence-electron chi connectivity index (χ1n) is 10.2. The lowest BCUT2D eigenvalue weighted by Gasteiger charge is -2.18. The number of hydrogen-bond acceptors (Lipinski definition) is 4. The van der Waals surface area contributed by atoms with Crippen LogP contribution in [-0.4, -0.2) is 36.2 Å². The van der Waals surface area contributed by atoms with Crippen molar-refractivity contribution in [3.05, 3.63) is 89.5 Å². The van der Waals surface area contributed by atoms with Gasteiger partial charge in [-0.05, 0) is 66.6 Å². The number of likely N-dealkylation sites (N-methyl/N-ethyl adjacent to an activating group) is 1. The molecule has 0 aliphatic carbocycles. The molecule has 0 saturated heterocycles. The van der Waals surface area contributed by atoms with Crippen LogP contribution in [0.3, 0.4) is 0 Å². The normalized spacial score (nSPS) is 10.3. The molecule has 32 heavy (non-hydrogen) atoms. The van der Waals surface area contributed by atoms with E-state index in [2.05, 4.69) is 5.32 Å². The van der Waals surface area contributed by atoms with Crippen molar-refractivity contribution in [1.29, 1.82) is 0 Å². The minimum absolute atomic E-state index is 0.0681. The van der Waals surface area contributed by atoms with Crippen molar-refractivity contribution < 1.29 is 19.1 Å². The SMILES string of the molecule is CCc1ccccc1NC(=O)CN(C)C(=O)c1ccc(Oc2ccc(C(N)=O)cc2)cc1. The van der Waals surface area contributed by atoms with Crippen LogP contribution < -0.4 is 15.8 Å². The van der Waals surface area contributed by atoms with Gasteiger partial charge in [-0.3, -0.25) is 14.4 Å². The zero-order valence-electron chi connectivity index (χ0n) is 18.0. The van der Waals surface area contributed by atoms with E-state index in [0.29, 0.717) is 22.6 Å². The Morgan fingerprint density at radius 3 is 2.00 bits per heavy atom. The highest BCUT2D eigenvalue weighted by atomic mass is 16.5. The molecule has 0 aromatic heterocycles. The first-order valence-corrected chi connectivity index (χ1v) is 10.2. The molecule has 0 spiro atoms. The maximum Gasteiger partial charge on any atom is 0.254 e. The van der Waals surface area contributed by atoms with E-state index in [9.17, 15) is 14.4 Å². The van der Waals surface area contributed by atoms with Crippen LogP contribution >= 0.6 is 0 Å². The lowest BCUT2D eigenvalue weighted by molar-refractivity contribution is -0.116. The van der Waals surface area contributed by atoms with Crippen LogP contribution in [0.5, 0.6) is 11.5 Å². The molecule has 7 heteroatoms. The molecule has 3 N–H and O–H groups in total. The van der Waals surface area contributed by atoms with E-state index in [-0.39, 0.29) is 18.4 Å². The van der Waals surface area contributed by atoms with Crippen molar-refractivity contribution in [1.82, 2.24) is 4.90 Å². The molecule has 0 bridgehead atoms. The fourth-order valence-electron chi connectivity index (χ4n) is 3.14. The second kappa shape index (κ2) is 10.3. The summed E-state index contributed by atoms with van der Waals surface area (Å²) in [6.45, 7) is 1.95. The molecule has 0 saturated carbocycles. The molecule has 0 atom stereocenters. The second-order valence-electron chi connectivity index (χ2n) is 7.24. The van der Waals surface area contributed by atoms with Gasteiger partial charge in [-0.1, -0.05) is 25.1 Å². The van der Waals surface area contributed by atoms with Gasteiger partial charge in [0.2, 0.25) is 11.8 Å². The van der Waals surface area contributed by atoms with E-state index in [1.165, 1.54) is 4.90 Å². The maximum absolute atomic E-state index is 12.7. The van der Waals surface area contributed by atoms with Crippen LogP contribution in [0.15, 0.2) is 72.8 Å². The van der Waals surface area contributed by atoms with Gasteiger partial charge in [0.05, 0.1) is 6.54 Å². The second-order valence-corrected chi connectivity index (χ2v) is 7.24. The Balaban J connectivity index is 1.58. The molecular formula is C25H25N3O4. The molecular weight excluding hydrogens is 406 g/mol. The number of hydrogen-bond donors (Lipinski definition) is 2. The van der Waals surface area contributed by atoms with Gasteiger partial charge in [0.25, 0.3) is 5.91 Å². The molecule has 0 heterocycles. The highest BCUT2D eigenvalue weighted by Gasteiger charge is 2.16. The monoisotopic (exact) mass is 431 g/mol. The molecule has 0 aliphatic rings. The number of carbonyl (C=O) groups excluding carboxylic acids is 3. The van der Waals surface area contributed by atoms with Crippen molar-refractivity contribution >= 4 is 23.4 Å². The number of nitrogens with zero attached hydrogens (tertiary/aromatic N) is 1. The van der Waals surface area contributed by atoms with Gasteiger partial charge in [0.1, 0.15) is 11.5 Å². The van der Waals surface area contributed by atoms with Gasteiger partial charge >= 0.3 is 0 Å². The Hall–Kier alpha value is -4.13. The van der Waals surface area contributed by atoms with Crippen molar-refractivity contribution in [2.45, 2.75) is 13.3 Å². The van der Waals surface area contributed by atoms with E-state index in [1.807, 2.05) is 31.2 Å². The number of nitrogens with two attached hydrogens (primary N) is 1. The molecule has 7 nitrogen and oxygen atoms in total. The predicted octanol–water partition coefficient (Wildman–Crippen LogP) is 3.85. The van der Waals surface area contributed by atoms with E-state index in [1.54, 1.807) is 55.6 Å². The summed E-state index contributed by atoms with van der Waals surface area (Å²) in [4.78, 5) is 37.6. The van der Waals surface area contributed by atoms with Crippen molar-refractivity contribution in [3.8, 4) is 11.5 Å². The summed E-state index contributed by atoms with van der Waals surface area (Å²) in [6.07, 6.45) is 0.801. The molecule has 3 rings (SSSR count). The van der Waals surface area contributed by atoms with E-state index >= 15 is 0 Å². The fraction of sp³-hybridized carbons (Fsp3) is 0.160. The fourth-order valence-corrected chi connectivity index (χ4v) is 3.14. The van der Waals surface area contributed by atoms with Gasteiger partial charge in [0, 0.05) is 23.9 Å². The van der Waals surface area contributed by atoms with E-state index < -0.39 is 5.91 Å². The summed E-state index contributed by atoms with van der Waals surface area (Å²) in [7, 11) is 1.58. The van der Waals surface area contributed by atoms with Gasteiger partial charge in [0.15, 0.2) is 0 Å². The summed E-state index contributed by atoms with van der Waals surface area (Å²) in [5, 5.41) is 2.86. The summed E-state index contributed by atoms with van der Waals surface area (Å²) >= 11 is 0. The average Bonchev–Trinajstić information content (AvgIpc) is 2.79. The van der Waals surface area contributed by atoms with Gasteiger partial charge < -0.3 is 20.7 Å². The van der Waals surface area contributed by atoms with Crippen LogP contribution in [0.1, 0.15) is 33.2 Å². The molecule has 0 aliphatic heterocycles. The lowest BCUT2D eigenvalue weighted by atomic mass is 10.1. The number of carbonyl (C=O) groups is 3. The Morgan fingerprint density at radius 1 is 0.875 bits per heavy atom. The van der Waals surface area contributed by atoms with Crippen LogP contribution in [-0.2, 0) is 11.2 Å². The Bertz CT molecular complexity index is 1110. The van der Waals surface area contributed by atoms with Crippen LogP contribution in [0.4, 0.5) is 5.69 Å². The smallest absolute Gasteiger partial charge is 0.254 e. The van der Waals surface area contributed by atoms with Crippen molar-refractivity contribution in [2.75, 3.05) is 18.9 Å². The summed E-state index contributed by atoms with van der Waals surface area (Å²) in [6, 6.07) is 20.6. The first-order chi connectivity index (χ1) is 15.4. The average molecular weight is 431 g/mol. The van der Waals surface area contributed by atoms with Crippen LogP contribution in [0.2, 0.25) is 0 Å². The zero-order valence-corrected chi connectivity index (χ0v) is 18.0. The standard InChI is InChI=1S/C25H25N3O4/c1-3-17-6-4-5-7-22(17)27-23(29)16-28(2)25(31)19-10-14-21(15-11-19)32-20-12-8-18(9-13-20)24(26)30/h4-15H,3,16H2,1-2H3,(H2,26,30)(H,27,29). The molecule has 0 unspecified atom stereocenters. The quantitative estimate of drug-likeness (QED) is 0.566. The number of ether oxygens (including phenoxy) is 1. The molecule has 0 radical (unpaired) electrons. The first kappa shape index (κ1) is 22.6. The molecule has 164 valence electrons. The van der Waals surface area contributed by atoms with Gasteiger partial charge in [-0.2, -0.15) is 0 Å². The zero-order chi connectivity index (χ0) is 23.1. The molecule has 3 aromatic carbocycles. The largest absolute Gasteiger partial charge is 0.457 e. The minimum atomic E-state index is -0.508. The number of aryl methyl sites for hydroxylation is 1. The highest BCUT2D eigenvalue weighted by Crippen LogP contribution is 2.22. The van der Waals surface area contributed by atoms with E-state index in [4.69, 9.17) is 10.5 Å². The Morgan fingerprint density at radius 2 is 1.44 bits per heavy atom. The summed E-state index contributed by atoms with van der Waals surface area (Å²) in [5.74, 6) is 0.0226. The van der Waals surface area contributed by atoms with Gasteiger partial charge in [-0.15, -0.1) is 0 Å². The minimum Gasteiger partial charge on any atom is -0.457 e. The third-order valence-corrected chi connectivity index (χ3v) is 4.88. The van der Waals surface area contributed by atoms with E-state index in [0.717, 1.165) is 17.7 Å². The van der Waals surface area contributed by atoms with Crippen LogP contribution in [0, 0.1) is 0 Å². The molecule has 3 aromatic rings. The van der Waals surface area contributed by atoms with Crippen molar-refractivity contribution in [3.63, 3.8) is 0 Å². The Kier molecular flexibility index (Phi) is 7.23. The van der Waals surface area contributed by atoms with Crippen molar-refractivity contribution in [2.24, 2.45) is 5.73 Å². The molecule has 3 amide bonds. The summed E-state index contributed by atoms with van der Waals surface area (Å²) in [5.41, 5.74) is 7.85. The third kappa shape index (κ3) is 5.72. The number of rotatable bonds is 8. The predicted molar refractivity (Wildman–Crippen MR) is 123 cm³/mol. The highest BCUT2D eigenvalue weighted by molar-refractivity contribution is 5.99. The third-order valence-electron chi connectivity index (χ3n) is 4.88.